The van der Waals surface area contributed by atoms with Crippen molar-refractivity contribution in [1.29, 1.82) is 0 Å². The molecule has 0 radical (unpaired) electrons. The Morgan fingerprint density at radius 1 is 1.06 bits per heavy atom. The summed E-state index contributed by atoms with van der Waals surface area (Å²) in [4.78, 5) is 2.22. The van der Waals surface area contributed by atoms with Crippen LogP contribution in [0.5, 0.6) is 0 Å². The lowest BCUT2D eigenvalue weighted by molar-refractivity contribution is 0.130. The quantitative estimate of drug-likeness (QED) is 0.739. The molecular weight excluding hydrogens is 218 g/mol. The van der Waals surface area contributed by atoms with Gasteiger partial charge in [0, 0.05) is 13.7 Å². The van der Waals surface area contributed by atoms with Crippen molar-refractivity contribution in [3.05, 3.63) is 48.3 Å². The SMILES string of the molecule is COCCN(Cc1ccco1)Cc1ccco1. The van der Waals surface area contributed by atoms with E-state index in [9.17, 15) is 0 Å². The summed E-state index contributed by atoms with van der Waals surface area (Å²) in [6.45, 7) is 3.06. The highest BCUT2D eigenvalue weighted by atomic mass is 16.5. The van der Waals surface area contributed by atoms with E-state index in [1.54, 1.807) is 19.6 Å². The minimum atomic E-state index is 0.696. The highest BCUT2D eigenvalue weighted by Crippen LogP contribution is 2.10. The van der Waals surface area contributed by atoms with Crippen molar-refractivity contribution in [3.8, 4) is 0 Å². The molecule has 2 aromatic rings. The fourth-order valence-electron chi connectivity index (χ4n) is 1.68. The van der Waals surface area contributed by atoms with Crippen molar-refractivity contribution in [2.45, 2.75) is 13.1 Å². The van der Waals surface area contributed by atoms with E-state index >= 15 is 0 Å². The van der Waals surface area contributed by atoms with Crippen molar-refractivity contribution in [2.75, 3.05) is 20.3 Å². The zero-order valence-electron chi connectivity index (χ0n) is 9.96. The monoisotopic (exact) mass is 235 g/mol. The summed E-state index contributed by atoms with van der Waals surface area (Å²) in [6, 6.07) is 7.75. The topological polar surface area (TPSA) is 38.8 Å². The summed E-state index contributed by atoms with van der Waals surface area (Å²) in [5.41, 5.74) is 0. The Kier molecular flexibility index (Phi) is 4.41. The van der Waals surface area contributed by atoms with Crippen molar-refractivity contribution in [1.82, 2.24) is 4.90 Å². The van der Waals surface area contributed by atoms with E-state index in [-0.39, 0.29) is 0 Å². The van der Waals surface area contributed by atoms with Gasteiger partial charge in [0.15, 0.2) is 0 Å². The summed E-state index contributed by atoms with van der Waals surface area (Å²) in [5, 5.41) is 0. The van der Waals surface area contributed by atoms with Gasteiger partial charge in [0.1, 0.15) is 11.5 Å². The zero-order valence-corrected chi connectivity index (χ0v) is 9.96. The molecule has 0 aliphatic rings. The number of hydrogen-bond acceptors (Lipinski definition) is 4. The van der Waals surface area contributed by atoms with Crippen LogP contribution in [-0.4, -0.2) is 25.2 Å². The van der Waals surface area contributed by atoms with Gasteiger partial charge in [-0.15, -0.1) is 0 Å². The Morgan fingerprint density at radius 2 is 1.65 bits per heavy atom. The molecule has 0 amide bonds. The second kappa shape index (κ2) is 6.27. The van der Waals surface area contributed by atoms with Crippen LogP contribution in [0.2, 0.25) is 0 Å². The first-order chi connectivity index (χ1) is 8.38. The molecule has 0 N–H and O–H groups in total. The van der Waals surface area contributed by atoms with E-state index in [0.29, 0.717) is 6.61 Å². The first kappa shape index (κ1) is 12.0. The number of methoxy groups -OCH3 is 1. The van der Waals surface area contributed by atoms with Crippen molar-refractivity contribution in [3.63, 3.8) is 0 Å². The van der Waals surface area contributed by atoms with E-state index in [2.05, 4.69) is 4.90 Å². The summed E-state index contributed by atoms with van der Waals surface area (Å²) in [5.74, 6) is 1.90. The molecule has 2 heterocycles. The van der Waals surface area contributed by atoms with E-state index in [1.807, 2.05) is 24.3 Å². The summed E-state index contributed by atoms with van der Waals surface area (Å²) < 4.78 is 15.8. The van der Waals surface area contributed by atoms with E-state index in [0.717, 1.165) is 31.2 Å². The average molecular weight is 235 g/mol. The van der Waals surface area contributed by atoms with E-state index < -0.39 is 0 Å². The molecular formula is C13H17NO3. The molecule has 2 rings (SSSR count). The Bertz CT molecular complexity index is 358. The molecule has 92 valence electrons. The van der Waals surface area contributed by atoms with Gasteiger partial charge in [0.2, 0.25) is 0 Å². The normalized spacial score (nSPS) is 11.2. The third kappa shape index (κ3) is 3.76. The first-order valence-electron chi connectivity index (χ1n) is 5.64. The number of ether oxygens (including phenoxy) is 1. The van der Waals surface area contributed by atoms with Crippen LogP contribution in [0, 0.1) is 0 Å². The minimum absolute atomic E-state index is 0.696. The Hall–Kier alpha value is -1.52. The molecule has 4 nitrogen and oxygen atoms in total. The fourth-order valence-corrected chi connectivity index (χ4v) is 1.68. The molecule has 0 bridgehead atoms. The van der Waals surface area contributed by atoms with Crippen LogP contribution >= 0.6 is 0 Å². The van der Waals surface area contributed by atoms with Gasteiger partial charge in [-0.1, -0.05) is 0 Å². The largest absolute Gasteiger partial charge is 0.468 e. The predicted octanol–water partition coefficient (Wildman–Crippen LogP) is 2.52. The molecule has 0 aliphatic carbocycles. The van der Waals surface area contributed by atoms with Crippen LogP contribution in [0.15, 0.2) is 45.6 Å². The Labute approximate surface area is 101 Å². The second-order valence-corrected chi connectivity index (χ2v) is 3.86. The summed E-state index contributed by atoms with van der Waals surface area (Å²) in [6.07, 6.45) is 3.38. The molecule has 2 aromatic heterocycles. The third-order valence-corrected chi connectivity index (χ3v) is 2.53. The van der Waals surface area contributed by atoms with Gasteiger partial charge in [0.25, 0.3) is 0 Å². The smallest absolute Gasteiger partial charge is 0.117 e. The molecule has 0 aliphatic heterocycles. The van der Waals surface area contributed by atoms with Crippen molar-refractivity contribution in [2.24, 2.45) is 0 Å². The first-order valence-corrected chi connectivity index (χ1v) is 5.64. The van der Waals surface area contributed by atoms with Gasteiger partial charge in [-0.05, 0) is 24.3 Å². The second-order valence-electron chi connectivity index (χ2n) is 3.86. The van der Waals surface area contributed by atoms with E-state index in [1.165, 1.54) is 0 Å². The number of rotatable bonds is 7. The Morgan fingerprint density at radius 3 is 2.06 bits per heavy atom. The Balaban J connectivity index is 1.92. The van der Waals surface area contributed by atoms with Gasteiger partial charge in [-0.25, -0.2) is 0 Å². The fraction of sp³-hybridized carbons (Fsp3) is 0.385. The van der Waals surface area contributed by atoms with Crippen LogP contribution in [0.4, 0.5) is 0 Å². The standard InChI is InChI=1S/C13H17NO3/c1-15-9-6-14(10-12-4-2-7-16-12)11-13-5-3-8-17-13/h2-5,7-8H,6,9-11H2,1H3. The van der Waals surface area contributed by atoms with Gasteiger partial charge in [0.05, 0.1) is 32.2 Å². The molecule has 4 heteroatoms. The van der Waals surface area contributed by atoms with Crippen LogP contribution in [-0.2, 0) is 17.8 Å². The highest BCUT2D eigenvalue weighted by Gasteiger charge is 2.09. The van der Waals surface area contributed by atoms with Gasteiger partial charge >= 0.3 is 0 Å². The van der Waals surface area contributed by atoms with Gasteiger partial charge in [-0.2, -0.15) is 0 Å². The minimum Gasteiger partial charge on any atom is -0.468 e. The molecule has 0 saturated heterocycles. The molecule has 0 unspecified atom stereocenters. The zero-order chi connectivity index (χ0) is 11.9. The van der Waals surface area contributed by atoms with E-state index in [4.69, 9.17) is 13.6 Å². The maximum Gasteiger partial charge on any atom is 0.117 e. The lowest BCUT2D eigenvalue weighted by atomic mass is 10.3. The van der Waals surface area contributed by atoms with Crippen LogP contribution in [0.3, 0.4) is 0 Å². The van der Waals surface area contributed by atoms with Crippen molar-refractivity contribution < 1.29 is 13.6 Å². The van der Waals surface area contributed by atoms with Gasteiger partial charge in [-0.3, -0.25) is 4.90 Å². The maximum atomic E-state index is 5.35. The molecule has 0 atom stereocenters. The van der Waals surface area contributed by atoms with Crippen molar-refractivity contribution >= 4 is 0 Å². The predicted molar refractivity (Wildman–Crippen MR) is 63.4 cm³/mol. The molecule has 0 fully saturated rings. The van der Waals surface area contributed by atoms with Crippen LogP contribution < -0.4 is 0 Å². The average Bonchev–Trinajstić information content (AvgIpc) is 2.99. The molecule has 0 saturated carbocycles. The lowest BCUT2D eigenvalue weighted by Crippen LogP contribution is -2.26. The number of furan rings is 2. The summed E-state index contributed by atoms with van der Waals surface area (Å²) >= 11 is 0. The van der Waals surface area contributed by atoms with Crippen LogP contribution in [0.25, 0.3) is 0 Å². The number of nitrogens with zero attached hydrogens (tertiary/aromatic N) is 1. The summed E-state index contributed by atoms with van der Waals surface area (Å²) in [7, 11) is 1.71. The van der Waals surface area contributed by atoms with Crippen LogP contribution in [0.1, 0.15) is 11.5 Å². The van der Waals surface area contributed by atoms with Gasteiger partial charge < -0.3 is 13.6 Å². The molecule has 0 spiro atoms. The molecule has 0 aromatic carbocycles. The molecule has 17 heavy (non-hydrogen) atoms. The third-order valence-electron chi connectivity index (χ3n) is 2.53. The highest BCUT2D eigenvalue weighted by molar-refractivity contribution is 5.01. The lowest BCUT2D eigenvalue weighted by Gasteiger charge is -2.19. The number of hydrogen-bond donors (Lipinski definition) is 0. The maximum absolute atomic E-state index is 5.35.